The van der Waals surface area contributed by atoms with Crippen molar-refractivity contribution >= 4 is 5.69 Å². The Morgan fingerprint density at radius 2 is 1.89 bits per heavy atom. The molecule has 2 aromatic rings. The maximum atomic E-state index is 9.92. The van der Waals surface area contributed by atoms with Gasteiger partial charge in [-0.1, -0.05) is 12.1 Å². The highest BCUT2D eigenvalue weighted by molar-refractivity contribution is 5.54. The summed E-state index contributed by atoms with van der Waals surface area (Å²) < 4.78 is 1.80. The van der Waals surface area contributed by atoms with Crippen molar-refractivity contribution in [1.29, 1.82) is 0 Å². The number of aromatic nitrogens is 2. The summed E-state index contributed by atoms with van der Waals surface area (Å²) in [5.74, 6) is 0.251. The van der Waals surface area contributed by atoms with Crippen LogP contribution >= 0.6 is 0 Å². The second kappa shape index (κ2) is 4.93. The highest BCUT2D eigenvalue weighted by atomic mass is 16.3. The lowest BCUT2D eigenvalue weighted by Gasteiger charge is -2.28. The molecular weight excluding hydrogens is 240 g/mol. The Kier molecular flexibility index (Phi) is 3.13. The molecule has 3 rings (SSSR count). The molecule has 0 spiro atoms. The first-order valence-electron chi connectivity index (χ1n) is 6.56. The van der Waals surface area contributed by atoms with Crippen molar-refractivity contribution in [3.8, 4) is 11.4 Å². The molecule has 2 N–H and O–H groups in total. The van der Waals surface area contributed by atoms with Crippen LogP contribution in [-0.2, 0) is 0 Å². The van der Waals surface area contributed by atoms with Gasteiger partial charge in [0.05, 0.1) is 17.6 Å². The lowest BCUT2D eigenvalue weighted by Crippen LogP contribution is -2.43. The third kappa shape index (κ3) is 2.17. The van der Waals surface area contributed by atoms with Gasteiger partial charge in [0.2, 0.25) is 0 Å². The van der Waals surface area contributed by atoms with E-state index >= 15 is 0 Å². The Hall–Kier alpha value is -2.01. The molecule has 1 fully saturated rings. The number of rotatable bonds is 2. The Morgan fingerprint density at radius 3 is 2.63 bits per heavy atom. The van der Waals surface area contributed by atoms with E-state index < -0.39 is 0 Å². The predicted octanol–water partition coefficient (Wildman–Crippen LogP) is 1.30. The number of phenolic OH excluding ortho intramolecular Hbond substituents is 1. The van der Waals surface area contributed by atoms with Crippen LogP contribution in [0.5, 0.6) is 5.75 Å². The highest BCUT2D eigenvalue weighted by Gasteiger charge is 2.17. The van der Waals surface area contributed by atoms with Crippen LogP contribution in [0, 0.1) is 6.92 Å². The van der Waals surface area contributed by atoms with Crippen LogP contribution in [0.15, 0.2) is 30.5 Å². The topological polar surface area (TPSA) is 53.3 Å². The second-order valence-corrected chi connectivity index (χ2v) is 4.75. The van der Waals surface area contributed by atoms with E-state index in [1.54, 1.807) is 10.7 Å². The summed E-state index contributed by atoms with van der Waals surface area (Å²) in [6, 6.07) is 7.27. The number of aromatic hydroxyl groups is 1. The molecule has 0 bridgehead atoms. The monoisotopic (exact) mass is 258 g/mol. The first kappa shape index (κ1) is 12.0. The van der Waals surface area contributed by atoms with Crippen LogP contribution in [0.1, 0.15) is 5.69 Å². The molecule has 0 atom stereocenters. The number of nitrogens with one attached hydrogen (secondary N) is 1. The number of hydrogen-bond acceptors (Lipinski definition) is 4. The van der Waals surface area contributed by atoms with Gasteiger partial charge in [-0.15, -0.1) is 0 Å². The average molecular weight is 258 g/mol. The molecule has 5 nitrogen and oxygen atoms in total. The summed E-state index contributed by atoms with van der Waals surface area (Å²) in [6.07, 6.45) is 1.88. The van der Waals surface area contributed by atoms with Crippen molar-refractivity contribution in [3.63, 3.8) is 0 Å². The van der Waals surface area contributed by atoms with Crippen LogP contribution in [0.4, 0.5) is 5.69 Å². The third-order valence-electron chi connectivity index (χ3n) is 3.55. The number of nitrogens with zero attached hydrogens (tertiary/aromatic N) is 3. The Balaban J connectivity index is 1.97. The fourth-order valence-corrected chi connectivity index (χ4v) is 2.50. The molecule has 1 aromatic heterocycles. The SMILES string of the molecule is Cc1c(N2CCNCC2)cnn1-c1ccccc1O. The van der Waals surface area contributed by atoms with E-state index in [4.69, 9.17) is 0 Å². The summed E-state index contributed by atoms with van der Waals surface area (Å²) in [7, 11) is 0. The van der Waals surface area contributed by atoms with Crippen molar-refractivity contribution < 1.29 is 5.11 Å². The molecule has 0 radical (unpaired) electrons. The molecule has 1 aromatic carbocycles. The smallest absolute Gasteiger partial charge is 0.141 e. The Bertz CT molecular complexity index is 573. The highest BCUT2D eigenvalue weighted by Crippen LogP contribution is 2.26. The number of piperazine rings is 1. The first-order chi connectivity index (χ1) is 9.27. The average Bonchev–Trinajstić information content (AvgIpc) is 2.82. The fourth-order valence-electron chi connectivity index (χ4n) is 2.50. The van der Waals surface area contributed by atoms with Crippen LogP contribution in [0.2, 0.25) is 0 Å². The minimum atomic E-state index is 0.251. The standard InChI is InChI=1S/C14H18N4O/c1-11-13(17-8-6-15-7-9-17)10-16-18(11)12-4-2-3-5-14(12)19/h2-5,10,15,19H,6-9H2,1H3. The van der Waals surface area contributed by atoms with Crippen molar-refractivity contribution in [2.45, 2.75) is 6.92 Å². The van der Waals surface area contributed by atoms with E-state index in [1.807, 2.05) is 31.3 Å². The second-order valence-electron chi connectivity index (χ2n) is 4.75. The van der Waals surface area contributed by atoms with Gasteiger partial charge in [-0.2, -0.15) is 5.10 Å². The number of anilines is 1. The summed E-state index contributed by atoms with van der Waals surface area (Å²) in [5, 5.41) is 17.7. The van der Waals surface area contributed by atoms with E-state index in [1.165, 1.54) is 0 Å². The van der Waals surface area contributed by atoms with Crippen LogP contribution in [0.3, 0.4) is 0 Å². The number of phenols is 1. The summed E-state index contributed by atoms with van der Waals surface area (Å²) >= 11 is 0. The molecule has 1 aliphatic rings. The predicted molar refractivity (Wildman–Crippen MR) is 75.0 cm³/mol. The minimum absolute atomic E-state index is 0.251. The van der Waals surface area contributed by atoms with Gasteiger partial charge in [-0.25, -0.2) is 4.68 Å². The zero-order chi connectivity index (χ0) is 13.2. The number of para-hydroxylation sites is 2. The molecule has 1 saturated heterocycles. The molecule has 100 valence electrons. The van der Waals surface area contributed by atoms with Gasteiger partial charge in [0.1, 0.15) is 11.4 Å². The lowest BCUT2D eigenvalue weighted by atomic mass is 10.2. The van der Waals surface area contributed by atoms with Crippen molar-refractivity contribution in [2.24, 2.45) is 0 Å². The maximum absolute atomic E-state index is 9.92. The zero-order valence-corrected chi connectivity index (χ0v) is 11.0. The molecule has 5 heteroatoms. The molecule has 1 aliphatic heterocycles. The first-order valence-corrected chi connectivity index (χ1v) is 6.56. The molecule has 0 amide bonds. The van der Waals surface area contributed by atoms with Crippen LogP contribution in [0.25, 0.3) is 5.69 Å². The number of benzene rings is 1. The van der Waals surface area contributed by atoms with E-state index in [-0.39, 0.29) is 5.75 Å². The van der Waals surface area contributed by atoms with Gasteiger partial charge in [-0.3, -0.25) is 0 Å². The van der Waals surface area contributed by atoms with E-state index in [2.05, 4.69) is 15.3 Å². The van der Waals surface area contributed by atoms with Gasteiger partial charge in [0.15, 0.2) is 0 Å². The van der Waals surface area contributed by atoms with Crippen molar-refractivity contribution in [1.82, 2.24) is 15.1 Å². The summed E-state index contributed by atoms with van der Waals surface area (Å²) in [4.78, 5) is 2.33. The fraction of sp³-hybridized carbons (Fsp3) is 0.357. The Morgan fingerprint density at radius 1 is 1.16 bits per heavy atom. The number of hydrogen-bond donors (Lipinski definition) is 2. The Labute approximate surface area is 112 Å². The lowest BCUT2D eigenvalue weighted by molar-refractivity contribution is 0.470. The van der Waals surface area contributed by atoms with E-state index in [9.17, 15) is 5.11 Å². The van der Waals surface area contributed by atoms with E-state index in [0.29, 0.717) is 0 Å². The van der Waals surface area contributed by atoms with Crippen LogP contribution < -0.4 is 10.2 Å². The molecule has 19 heavy (non-hydrogen) atoms. The summed E-state index contributed by atoms with van der Waals surface area (Å²) in [6.45, 7) is 6.03. The van der Waals surface area contributed by atoms with Gasteiger partial charge >= 0.3 is 0 Å². The quantitative estimate of drug-likeness (QED) is 0.852. The normalized spacial score (nSPS) is 15.7. The van der Waals surface area contributed by atoms with Gasteiger partial charge in [0.25, 0.3) is 0 Å². The zero-order valence-electron chi connectivity index (χ0n) is 11.0. The van der Waals surface area contributed by atoms with Crippen molar-refractivity contribution in [3.05, 3.63) is 36.2 Å². The molecule has 0 saturated carbocycles. The van der Waals surface area contributed by atoms with Crippen LogP contribution in [-0.4, -0.2) is 41.1 Å². The largest absolute Gasteiger partial charge is 0.506 e. The maximum Gasteiger partial charge on any atom is 0.141 e. The minimum Gasteiger partial charge on any atom is -0.506 e. The molecule has 0 aliphatic carbocycles. The molecule has 0 unspecified atom stereocenters. The molecular formula is C14H18N4O. The third-order valence-corrected chi connectivity index (χ3v) is 3.55. The van der Waals surface area contributed by atoms with Gasteiger partial charge < -0.3 is 15.3 Å². The van der Waals surface area contributed by atoms with Crippen molar-refractivity contribution in [2.75, 3.05) is 31.1 Å². The molecule has 2 heterocycles. The summed E-state index contributed by atoms with van der Waals surface area (Å²) in [5.41, 5.74) is 2.93. The van der Waals surface area contributed by atoms with Gasteiger partial charge in [-0.05, 0) is 19.1 Å². The van der Waals surface area contributed by atoms with E-state index in [0.717, 1.165) is 43.2 Å². The van der Waals surface area contributed by atoms with Gasteiger partial charge in [0, 0.05) is 26.2 Å².